The van der Waals surface area contributed by atoms with Gasteiger partial charge >= 0.3 is 12.1 Å². The maximum Gasteiger partial charge on any atom is 0.416 e. The minimum absolute atomic E-state index is 0.269. The van der Waals surface area contributed by atoms with Gasteiger partial charge in [-0.25, -0.2) is 4.79 Å². The van der Waals surface area contributed by atoms with E-state index < -0.39 is 23.2 Å². The molecule has 1 aliphatic rings. The molecule has 0 saturated heterocycles. The lowest BCUT2D eigenvalue weighted by atomic mass is 9.84. The van der Waals surface area contributed by atoms with E-state index in [0.29, 0.717) is 19.3 Å². The first-order valence-corrected chi connectivity index (χ1v) is 6.00. The van der Waals surface area contributed by atoms with Gasteiger partial charge in [0.05, 0.1) is 5.56 Å². The van der Waals surface area contributed by atoms with Crippen LogP contribution in [0.15, 0.2) is 18.2 Å². The zero-order chi connectivity index (χ0) is 14.3. The number of hydrogen-bond acceptors (Lipinski definition) is 2. The van der Waals surface area contributed by atoms with E-state index in [1.165, 1.54) is 6.07 Å². The summed E-state index contributed by atoms with van der Waals surface area (Å²) in [5, 5.41) is 12.0. The Morgan fingerprint density at radius 3 is 2.68 bits per heavy atom. The van der Waals surface area contributed by atoms with Gasteiger partial charge in [-0.1, -0.05) is 13.0 Å². The SMILES string of the molecule is CCC1(C(=O)O)CCc2ccc(C(F)(F)F)cc2N1. The van der Waals surface area contributed by atoms with Crippen molar-refractivity contribution in [2.24, 2.45) is 0 Å². The van der Waals surface area contributed by atoms with Crippen molar-refractivity contribution in [3.8, 4) is 0 Å². The zero-order valence-corrected chi connectivity index (χ0v) is 10.3. The standard InChI is InChI=1S/C13H14F3NO2/c1-2-12(11(18)19)6-5-8-3-4-9(13(14,15)16)7-10(8)17-12/h3-4,7,17H,2,5-6H2,1H3,(H,18,19). The summed E-state index contributed by atoms with van der Waals surface area (Å²) < 4.78 is 37.9. The average molecular weight is 273 g/mol. The first-order valence-electron chi connectivity index (χ1n) is 6.00. The van der Waals surface area contributed by atoms with Gasteiger partial charge in [-0.3, -0.25) is 0 Å². The zero-order valence-electron chi connectivity index (χ0n) is 10.3. The van der Waals surface area contributed by atoms with Crippen LogP contribution in [0.5, 0.6) is 0 Å². The number of rotatable bonds is 2. The Morgan fingerprint density at radius 1 is 1.47 bits per heavy atom. The van der Waals surface area contributed by atoms with E-state index >= 15 is 0 Å². The highest BCUT2D eigenvalue weighted by atomic mass is 19.4. The number of carboxylic acid groups (broad SMARTS) is 1. The number of aryl methyl sites for hydroxylation is 1. The number of anilines is 1. The van der Waals surface area contributed by atoms with Crippen molar-refractivity contribution >= 4 is 11.7 Å². The molecule has 0 fully saturated rings. The van der Waals surface area contributed by atoms with Gasteiger partial charge < -0.3 is 10.4 Å². The van der Waals surface area contributed by atoms with E-state index in [2.05, 4.69) is 5.32 Å². The van der Waals surface area contributed by atoms with Gasteiger partial charge in [0, 0.05) is 5.69 Å². The Balaban J connectivity index is 2.41. The number of nitrogens with one attached hydrogen (secondary N) is 1. The second kappa shape index (κ2) is 4.43. The molecule has 1 aromatic carbocycles. The van der Waals surface area contributed by atoms with Crippen LogP contribution < -0.4 is 5.32 Å². The van der Waals surface area contributed by atoms with Crippen LogP contribution >= 0.6 is 0 Å². The summed E-state index contributed by atoms with van der Waals surface area (Å²) in [6, 6.07) is 3.43. The van der Waals surface area contributed by atoms with Crippen LogP contribution in [-0.2, 0) is 17.4 Å². The van der Waals surface area contributed by atoms with E-state index in [4.69, 9.17) is 0 Å². The predicted molar refractivity (Wildman–Crippen MR) is 64.0 cm³/mol. The molecular weight excluding hydrogens is 259 g/mol. The lowest BCUT2D eigenvalue weighted by Crippen LogP contribution is -2.48. The molecule has 1 aliphatic heterocycles. The maximum atomic E-state index is 12.6. The first-order chi connectivity index (χ1) is 8.78. The molecule has 0 saturated carbocycles. The predicted octanol–water partition coefficient (Wildman–Crippen LogP) is 3.30. The summed E-state index contributed by atoms with van der Waals surface area (Å²) in [5.74, 6) is -1.03. The molecule has 0 bridgehead atoms. The van der Waals surface area contributed by atoms with Gasteiger partial charge in [0.25, 0.3) is 0 Å². The number of halogens is 3. The summed E-state index contributed by atoms with van der Waals surface area (Å²) >= 11 is 0. The molecule has 3 nitrogen and oxygen atoms in total. The number of aliphatic carboxylic acids is 1. The van der Waals surface area contributed by atoms with E-state index in [0.717, 1.165) is 17.7 Å². The van der Waals surface area contributed by atoms with Crippen molar-refractivity contribution in [3.63, 3.8) is 0 Å². The minimum Gasteiger partial charge on any atom is -0.480 e. The van der Waals surface area contributed by atoms with Gasteiger partial charge in [0.2, 0.25) is 0 Å². The molecule has 19 heavy (non-hydrogen) atoms. The molecule has 0 radical (unpaired) electrons. The van der Waals surface area contributed by atoms with Crippen LogP contribution in [0.3, 0.4) is 0 Å². The summed E-state index contributed by atoms with van der Waals surface area (Å²) in [6.07, 6.45) is -3.28. The van der Waals surface area contributed by atoms with Crippen LogP contribution in [0.1, 0.15) is 30.9 Å². The van der Waals surface area contributed by atoms with Gasteiger partial charge in [0.1, 0.15) is 5.54 Å². The maximum absolute atomic E-state index is 12.6. The molecule has 1 heterocycles. The van der Waals surface area contributed by atoms with Crippen LogP contribution in [0.2, 0.25) is 0 Å². The van der Waals surface area contributed by atoms with Crippen molar-refractivity contribution in [1.82, 2.24) is 0 Å². The quantitative estimate of drug-likeness (QED) is 0.869. The average Bonchev–Trinajstić information content (AvgIpc) is 2.36. The summed E-state index contributed by atoms with van der Waals surface area (Å²) in [4.78, 5) is 11.3. The molecule has 0 aromatic heterocycles. The smallest absolute Gasteiger partial charge is 0.416 e. The number of fused-ring (bicyclic) bond motifs is 1. The summed E-state index contributed by atoms with van der Waals surface area (Å²) in [7, 11) is 0. The Morgan fingerprint density at radius 2 is 2.16 bits per heavy atom. The van der Waals surface area contributed by atoms with E-state index in [9.17, 15) is 23.1 Å². The monoisotopic (exact) mass is 273 g/mol. The van der Waals surface area contributed by atoms with Crippen molar-refractivity contribution in [2.45, 2.75) is 37.9 Å². The second-order valence-electron chi connectivity index (χ2n) is 4.74. The number of benzene rings is 1. The highest BCUT2D eigenvalue weighted by Crippen LogP contribution is 2.37. The molecule has 1 unspecified atom stereocenters. The van der Waals surface area contributed by atoms with Gasteiger partial charge in [-0.15, -0.1) is 0 Å². The Kier molecular flexibility index (Phi) is 3.20. The fourth-order valence-electron chi connectivity index (χ4n) is 2.33. The molecule has 1 atom stereocenters. The largest absolute Gasteiger partial charge is 0.480 e. The Hall–Kier alpha value is -1.72. The highest BCUT2D eigenvalue weighted by Gasteiger charge is 2.40. The van der Waals surface area contributed by atoms with Crippen LogP contribution in [-0.4, -0.2) is 16.6 Å². The number of carbonyl (C=O) groups is 1. The van der Waals surface area contributed by atoms with Crippen molar-refractivity contribution < 1.29 is 23.1 Å². The van der Waals surface area contributed by atoms with Crippen LogP contribution in [0.25, 0.3) is 0 Å². The summed E-state index contributed by atoms with van der Waals surface area (Å²) in [6.45, 7) is 1.71. The fourth-order valence-corrected chi connectivity index (χ4v) is 2.33. The molecule has 1 aromatic rings. The number of alkyl halides is 3. The third-order valence-corrected chi connectivity index (χ3v) is 3.65. The molecule has 0 aliphatic carbocycles. The summed E-state index contributed by atoms with van der Waals surface area (Å²) in [5.41, 5.74) is -0.947. The van der Waals surface area contributed by atoms with Gasteiger partial charge in [-0.05, 0) is 37.0 Å². The molecular formula is C13H14F3NO2. The fraction of sp³-hybridized carbons (Fsp3) is 0.462. The van der Waals surface area contributed by atoms with Crippen LogP contribution in [0.4, 0.5) is 18.9 Å². The van der Waals surface area contributed by atoms with Gasteiger partial charge in [0.15, 0.2) is 0 Å². The van der Waals surface area contributed by atoms with E-state index in [1.54, 1.807) is 6.92 Å². The Labute approximate surface area is 108 Å². The molecule has 6 heteroatoms. The second-order valence-corrected chi connectivity index (χ2v) is 4.74. The first kappa shape index (κ1) is 13.7. The van der Waals surface area contributed by atoms with E-state index in [-0.39, 0.29) is 5.69 Å². The molecule has 0 spiro atoms. The topological polar surface area (TPSA) is 49.3 Å². The molecule has 0 amide bonds. The third kappa shape index (κ3) is 2.39. The molecule has 104 valence electrons. The van der Waals surface area contributed by atoms with Crippen molar-refractivity contribution in [2.75, 3.05) is 5.32 Å². The lowest BCUT2D eigenvalue weighted by Gasteiger charge is -2.36. The van der Waals surface area contributed by atoms with E-state index in [1.807, 2.05) is 0 Å². The van der Waals surface area contributed by atoms with Crippen molar-refractivity contribution in [3.05, 3.63) is 29.3 Å². The normalized spacial score (nSPS) is 22.5. The molecule has 2 N–H and O–H groups in total. The minimum atomic E-state index is -4.42. The number of hydrogen-bond donors (Lipinski definition) is 2. The van der Waals surface area contributed by atoms with Crippen LogP contribution in [0, 0.1) is 0 Å². The van der Waals surface area contributed by atoms with Crippen molar-refractivity contribution in [1.29, 1.82) is 0 Å². The lowest BCUT2D eigenvalue weighted by molar-refractivity contribution is -0.142. The number of carboxylic acids is 1. The molecule has 2 rings (SSSR count). The van der Waals surface area contributed by atoms with Gasteiger partial charge in [-0.2, -0.15) is 13.2 Å². The Bertz CT molecular complexity index is 513. The highest BCUT2D eigenvalue weighted by molar-refractivity contribution is 5.84. The third-order valence-electron chi connectivity index (χ3n) is 3.65.